The maximum atomic E-state index is 12.8. The standard InChI is InChI=1S/C49H93N3O7/c1-5-8-11-14-17-24-31-41-57-49(56)58-42-32-25-23-30-39-52(40-33-37-51-46-45(50-4)47(54)48(46)55)38-29-22-18-21-28-36-44(53)59-43(34-26-19-15-12-9-6-2)35-27-20-16-13-10-7-3/h43,45-46,50-51H,5-42H2,1-4H3. The predicted octanol–water partition coefficient (Wildman–Crippen LogP) is 11.6. The Hall–Kier alpha value is -2.04. The molecule has 1 aliphatic rings. The van der Waals surface area contributed by atoms with Crippen LogP contribution in [0, 0.1) is 0 Å². The van der Waals surface area contributed by atoms with E-state index < -0.39 is 18.2 Å². The zero-order chi connectivity index (χ0) is 43.0. The highest BCUT2D eigenvalue weighted by molar-refractivity contribution is 6.49. The average Bonchev–Trinajstić information content (AvgIpc) is 3.23. The Morgan fingerprint density at radius 3 is 1.42 bits per heavy atom. The normalized spacial score (nSPS) is 15.3. The molecular formula is C49H93N3O7. The molecule has 0 amide bonds. The van der Waals surface area contributed by atoms with Gasteiger partial charge in [0.2, 0.25) is 11.6 Å². The highest BCUT2D eigenvalue weighted by atomic mass is 16.7. The molecule has 10 nitrogen and oxygen atoms in total. The van der Waals surface area contributed by atoms with Crippen LogP contribution < -0.4 is 10.6 Å². The number of carbonyl (C=O) groups excluding carboxylic acids is 4. The molecule has 0 aromatic rings. The van der Waals surface area contributed by atoms with Crippen molar-refractivity contribution in [3.05, 3.63) is 0 Å². The smallest absolute Gasteiger partial charge is 0.462 e. The van der Waals surface area contributed by atoms with Crippen molar-refractivity contribution in [3.8, 4) is 0 Å². The van der Waals surface area contributed by atoms with Gasteiger partial charge in [0.25, 0.3) is 0 Å². The molecule has 0 bridgehead atoms. The summed E-state index contributed by atoms with van der Waals surface area (Å²) in [5.74, 6) is -0.655. The number of Topliss-reactive ketones (excluding diaryl/α,β-unsaturated/α-hetero) is 2. The first-order valence-electron chi connectivity index (χ1n) is 25.1. The zero-order valence-corrected chi connectivity index (χ0v) is 38.9. The summed E-state index contributed by atoms with van der Waals surface area (Å²) in [6, 6.07) is -0.822. The van der Waals surface area contributed by atoms with Crippen molar-refractivity contribution in [1.29, 1.82) is 0 Å². The molecule has 1 aliphatic carbocycles. The number of esters is 1. The van der Waals surface area contributed by atoms with Crippen LogP contribution in [0.3, 0.4) is 0 Å². The van der Waals surface area contributed by atoms with E-state index in [1.54, 1.807) is 7.05 Å². The number of unbranched alkanes of at least 4 members (excludes halogenated alkanes) is 23. The molecule has 2 unspecified atom stereocenters. The first-order valence-corrected chi connectivity index (χ1v) is 25.1. The van der Waals surface area contributed by atoms with Crippen LogP contribution in [0.2, 0.25) is 0 Å². The minimum atomic E-state index is -0.545. The fourth-order valence-corrected chi connectivity index (χ4v) is 8.07. The highest BCUT2D eigenvalue weighted by Gasteiger charge is 2.47. The molecule has 0 aliphatic heterocycles. The molecule has 0 heterocycles. The van der Waals surface area contributed by atoms with E-state index in [1.807, 2.05) is 0 Å². The first kappa shape index (κ1) is 55.0. The number of nitrogens with one attached hydrogen (secondary N) is 2. The van der Waals surface area contributed by atoms with Crippen molar-refractivity contribution in [2.45, 2.75) is 244 Å². The minimum absolute atomic E-state index is 0.00828. The van der Waals surface area contributed by atoms with Crippen molar-refractivity contribution in [2.24, 2.45) is 0 Å². The van der Waals surface area contributed by atoms with Crippen LogP contribution in [0.1, 0.15) is 226 Å². The fraction of sp³-hybridized carbons (Fsp3) is 0.918. The Morgan fingerprint density at radius 2 is 0.932 bits per heavy atom. The maximum Gasteiger partial charge on any atom is 0.508 e. The molecular weight excluding hydrogens is 743 g/mol. The lowest BCUT2D eigenvalue weighted by molar-refractivity contribution is -0.150. The van der Waals surface area contributed by atoms with Gasteiger partial charge in [0.15, 0.2) is 0 Å². The number of likely N-dealkylation sites (N-methyl/N-ethyl adjacent to an activating group) is 1. The van der Waals surface area contributed by atoms with E-state index in [1.165, 1.54) is 96.3 Å². The van der Waals surface area contributed by atoms with Crippen LogP contribution in [-0.2, 0) is 28.6 Å². The Labute approximate surface area is 362 Å². The number of carbonyl (C=O) groups is 4. The molecule has 0 radical (unpaired) electrons. The van der Waals surface area contributed by atoms with Gasteiger partial charge in [-0.25, -0.2) is 4.79 Å². The van der Waals surface area contributed by atoms with Crippen LogP contribution in [0.5, 0.6) is 0 Å². The van der Waals surface area contributed by atoms with Gasteiger partial charge in [0.05, 0.1) is 25.3 Å². The summed E-state index contributed by atoms with van der Waals surface area (Å²) in [6.45, 7) is 11.2. The van der Waals surface area contributed by atoms with E-state index in [4.69, 9.17) is 14.2 Å². The molecule has 0 aromatic carbocycles. The van der Waals surface area contributed by atoms with Gasteiger partial charge < -0.3 is 29.7 Å². The van der Waals surface area contributed by atoms with Gasteiger partial charge in [-0.2, -0.15) is 0 Å². The maximum absolute atomic E-state index is 12.8. The summed E-state index contributed by atoms with van der Waals surface area (Å²) < 4.78 is 16.6. The van der Waals surface area contributed by atoms with E-state index in [0.717, 1.165) is 122 Å². The lowest BCUT2D eigenvalue weighted by atomic mass is 9.83. The summed E-state index contributed by atoms with van der Waals surface area (Å²) in [7, 11) is 1.72. The summed E-state index contributed by atoms with van der Waals surface area (Å²) in [5.41, 5.74) is 0. The van der Waals surface area contributed by atoms with Crippen LogP contribution in [-0.4, -0.2) is 93.2 Å². The molecule has 2 N–H and O–H groups in total. The Balaban J connectivity index is 2.34. The summed E-state index contributed by atoms with van der Waals surface area (Å²) >= 11 is 0. The van der Waals surface area contributed by atoms with Gasteiger partial charge >= 0.3 is 12.1 Å². The molecule has 0 spiro atoms. The van der Waals surface area contributed by atoms with Crippen molar-refractivity contribution >= 4 is 23.7 Å². The Kier molecular flexibility index (Phi) is 37.3. The average molecular weight is 836 g/mol. The lowest BCUT2D eigenvalue weighted by Crippen LogP contribution is -2.68. The second-order valence-electron chi connectivity index (χ2n) is 17.3. The molecule has 346 valence electrons. The second kappa shape index (κ2) is 40.1. The Morgan fingerprint density at radius 1 is 0.525 bits per heavy atom. The topological polar surface area (TPSA) is 123 Å². The first-order chi connectivity index (χ1) is 28.9. The van der Waals surface area contributed by atoms with E-state index in [2.05, 4.69) is 36.3 Å². The number of ketones is 2. The number of hydrogen-bond donors (Lipinski definition) is 2. The summed E-state index contributed by atoms with van der Waals surface area (Å²) in [4.78, 5) is 51.1. The number of rotatable bonds is 44. The highest BCUT2D eigenvalue weighted by Crippen LogP contribution is 2.19. The Bertz CT molecular complexity index is 1010. The monoisotopic (exact) mass is 836 g/mol. The summed E-state index contributed by atoms with van der Waals surface area (Å²) in [5, 5.41) is 6.23. The van der Waals surface area contributed by atoms with E-state index in [9.17, 15) is 19.2 Å². The molecule has 2 atom stereocenters. The number of nitrogens with zero attached hydrogens (tertiary/aromatic N) is 1. The molecule has 1 rings (SSSR count). The SMILES string of the molecule is CCCCCCCCCOC(=O)OCCCCCCN(CCCCCCCC(=O)OC(CCCCCCCC)CCCCCCCC)CCCNC1C(=O)C(=O)C1NC. The van der Waals surface area contributed by atoms with Crippen molar-refractivity contribution in [2.75, 3.05) is 46.4 Å². The van der Waals surface area contributed by atoms with E-state index in [-0.39, 0.29) is 23.6 Å². The van der Waals surface area contributed by atoms with Crippen molar-refractivity contribution in [1.82, 2.24) is 15.5 Å². The molecule has 1 fully saturated rings. The third-order valence-corrected chi connectivity index (χ3v) is 11.9. The molecule has 10 heteroatoms. The second-order valence-corrected chi connectivity index (χ2v) is 17.3. The van der Waals surface area contributed by atoms with E-state index >= 15 is 0 Å². The van der Waals surface area contributed by atoms with Gasteiger partial charge in [-0.1, -0.05) is 156 Å². The van der Waals surface area contributed by atoms with Gasteiger partial charge in [-0.15, -0.1) is 0 Å². The van der Waals surface area contributed by atoms with Gasteiger partial charge in [-0.05, 0) is 97.4 Å². The molecule has 0 saturated heterocycles. The molecule has 0 aromatic heterocycles. The van der Waals surface area contributed by atoms with Gasteiger partial charge in [0, 0.05) is 6.42 Å². The zero-order valence-electron chi connectivity index (χ0n) is 38.9. The van der Waals surface area contributed by atoms with Crippen LogP contribution in [0.4, 0.5) is 4.79 Å². The predicted molar refractivity (Wildman–Crippen MR) is 243 cm³/mol. The van der Waals surface area contributed by atoms with Crippen LogP contribution in [0.15, 0.2) is 0 Å². The van der Waals surface area contributed by atoms with Crippen molar-refractivity contribution < 1.29 is 33.4 Å². The van der Waals surface area contributed by atoms with Crippen LogP contribution in [0.25, 0.3) is 0 Å². The van der Waals surface area contributed by atoms with Crippen LogP contribution >= 0.6 is 0 Å². The third kappa shape index (κ3) is 30.6. The fourth-order valence-electron chi connectivity index (χ4n) is 8.07. The third-order valence-electron chi connectivity index (χ3n) is 11.9. The summed E-state index contributed by atoms with van der Waals surface area (Å²) in [6.07, 6.45) is 35.8. The quantitative estimate of drug-likeness (QED) is 0.0348. The van der Waals surface area contributed by atoms with Gasteiger partial charge in [0.1, 0.15) is 6.10 Å². The largest absolute Gasteiger partial charge is 0.508 e. The van der Waals surface area contributed by atoms with E-state index in [0.29, 0.717) is 26.2 Å². The van der Waals surface area contributed by atoms with Gasteiger partial charge in [-0.3, -0.25) is 14.4 Å². The number of hydrogen-bond acceptors (Lipinski definition) is 10. The number of ether oxygens (including phenoxy) is 3. The molecule has 1 saturated carbocycles. The van der Waals surface area contributed by atoms with Crippen molar-refractivity contribution in [3.63, 3.8) is 0 Å². The lowest BCUT2D eigenvalue weighted by Gasteiger charge is -2.33. The molecule has 59 heavy (non-hydrogen) atoms. The minimum Gasteiger partial charge on any atom is -0.462 e.